The summed E-state index contributed by atoms with van der Waals surface area (Å²) in [5.74, 6) is 0.454. The summed E-state index contributed by atoms with van der Waals surface area (Å²) in [7, 11) is 2.00. The van der Waals surface area contributed by atoms with Crippen molar-refractivity contribution in [1.82, 2.24) is 20.4 Å². The van der Waals surface area contributed by atoms with Gasteiger partial charge in [-0.1, -0.05) is 103 Å². The fourth-order valence-corrected chi connectivity index (χ4v) is 6.85. The summed E-state index contributed by atoms with van der Waals surface area (Å²) >= 11 is 0. The zero-order valence-corrected chi connectivity index (χ0v) is 27.3. The van der Waals surface area contributed by atoms with Crippen molar-refractivity contribution in [1.29, 1.82) is 0 Å². The smallest absolute Gasteiger partial charge is 0.239 e. The van der Waals surface area contributed by atoms with Crippen LogP contribution in [0.4, 0.5) is 0 Å². The highest BCUT2D eigenvalue weighted by Crippen LogP contribution is 2.27. The van der Waals surface area contributed by atoms with Crippen molar-refractivity contribution in [2.75, 3.05) is 46.3 Å². The summed E-state index contributed by atoms with van der Waals surface area (Å²) in [5, 5.41) is 9.31. The number of likely N-dealkylation sites (N-methyl/N-ethyl adjacent to an activating group) is 1. The minimum Gasteiger partial charge on any atom is -0.340 e. The Morgan fingerprint density at radius 1 is 0.826 bits per heavy atom. The third-order valence-electron chi connectivity index (χ3n) is 9.38. The first-order valence-corrected chi connectivity index (χ1v) is 17.1. The number of hydrogen-bond acceptors (Lipinski definition) is 5. The van der Waals surface area contributed by atoms with Crippen molar-refractivity contribution in [3.05, 3.63) is 120 Å². The Balaban J connectivity index is 0.000000289. The average Bonchev–Trinajstić information content (AvgIpc) is 3.26. The number of amides is 1. The van der Waals surface area contributed by atoms with E-state index in [1.807, 2.05) is 49.5 Å². The highest BCUT2D eigenvalue weighted by atomic mass is 16.2. The predicted octanol–water partition coefficient (Wildman–Crippen LogP) is 6.52. The Bertz CT molecular complexity index is 1450. The van der Waals surface area contributed by atoms with Crippen LogP contribution in [0.2, 0.25) is 0 Å². The fraction of sp³-hybridized carbons (Fsp3) is 0.400. The van der Waals surface area contributed by atoms with Crippen LogP contribution in [0, 0.1) is 0 Å². The molecule has 1 amide bonds. The van der Waals surface area contributed by atoms with Crippen LogP contribution in [-0.4, -0.2) is 80.4 Å². The maximum absolute atomic E-state index is 13.8. The summed E-state index contributed by atoms with van der Waals surface area (Å²) in [5.41, 5.74) is 3.27. The van der Waals surface area contributed by atoms with Gasteiger partial charge in [0.15, 0.2) is 0 Å². The third kappa shape index (κ3) is 9.58. The molecule has 2 saturated heterocycles. The van der Waals surface area contributed by atoms with Crippen molar-refractivity contribution in [3.8, 4) is 0 Å². The molecule has 6 heteroatoms. The summed E-state index contributed by atoms with van der Waals surface area (Å²) in [6.07, 6.45) is 7.83. The Morgan fingerprint density at radius 2 is 1.48 bits per heavy atom. The largest absolute Gasteiger partial charge is 0.340 e. The molecule has 6 nitrogen and oxygen atoms in total. The van der Waals surface area contributed by atoms with E-state index in [2.05, 4.69) is 81.1 Å². The van der Waals surface area contributed by atoms with Gasteiger partial charge in [0.1, 0.15) is 6.29 Å². The first kappa shape index (κ1) is 33.5. The van der Waals surface area contributed by atoms with Crippen LogP contribution in [0.1, 0.15) is 65.9 Å². The maximum atomic E-state index is 13.8. The molecule has 46 heavy (non-hydrogen) atoms. The lowest BCUT2D eigenvalue weighted by Crippen LogP contribution is -2.48. The molecule has 4 aromatic carbocycles. The van der Waals surface area contributed by atoms with Crippen LogP contribution in [-0.2, 0) is 4.79 Å². The lowest BCUT2D eigenvalue weighted by atomic mass is 9.90. The van der Waals surface area contributed by atoms with Gasteiger partial charge in [-0.2, -0.15) is 0 Å². The molecule has 0 bridgehead atoms. The molecule has 2 N–H and O–H groups in total. The Kier molecular flexibility index (Phi) is 12.9. The molecule has 0 aromatic heterocycles. The molecule has 2 atom stereocenters. The Labute approximate surface area is 275 Å². The van der Waals surface area contributed by atoms with Crippen LogP contribution in [0.15, 0.2) is 103 Å². The van der Waals surface area contributed by atoms with Gasteiger partial charge in [0.25, 0.3) is 0 Å². The summed E-state index contributed by atoms with van der Waals surface area (Å²) in [6.45, 7) is 5.97. The minimum atomic E-state index is -0.0992. The highest BCUT2D eigenvalue weighted by Gasteiger charge is 2.32. The minimum absolute atomic E-state index is 0.0992. The maximum Gasteiger partial charge on any atom is 0.239 e. The molecule has 0 radical (unpaired) electrons. The number of aldehydes is 1. The van der Waals surface area contributed by atoms with E-state index in [9.17, 15) is 9.59 Å². The zero-order chi connectivity index (χ0) is 32.0. The van der Waals surface area contributed by atoms with Crippen molar-refractivity contribution < 1.29 is 9.59 Å². The second kappa shape index (κ2) is 17.7. The number of benzene rings is 4. The number of carbonyl (C=O) groups excluding carboxylic acids is 2. The molecular formula is C40H50N4O2. The van der Waals surface area contributed by atoms with Gasteiger partial charge in [0.05, 0.1) is 6.04 Å². The van der Waals surface area contributed by atoms with Gasteiger partial charge >= 0.3 is 0 Å². The van der Waals surface area contributed by atoms with E-state index >= 15 is 0 Å². The monoisotopic (exact) mass is 618 g/mol. The molecule has 2 aliphatic heterocycles. The van der Waals surface area contributed by atoms with E-state index in [4.69, 9.17) is 0 Å². The van der Waals surface area contributed by atoms with Gasteiger partial charge in [-0.15, -0.1) is 0 Å². The van der Waals surface area contributed by atoms with Gasteiger partial charge in [-0.3, -0.25) is 9.59 Å². The number of carbonyl (C=O) groups is 2. The SMILES string of the molecule is CNC[C@@H]1CCN(CC(c2ccccc2)c2ccccc2)C(=O)[C@H](CCCN2CCCCC2)N1.O=Cc1ccc2ccccc2c1. The van der Waals surface area contributed by atoms with Gasteiger partial charge in [-0.25, -0.2) is 0 Å². The van der Waals surface area contributed by atoms with Gasteiger partial charge in [-0.05, 0) is 86.8 Å². The van der Waals surface area contributed by atoms with E-state index in [1.165, 1.54) is 48.9 Å². The number of hydrogen-bond donors (Lipinski definition) is 2. The lowest BCUT2D eigenvalue weighted by Gasteiger charge is -2.30. The van der Waals surface area contributed by atoms with Crippen molar-refractivity contribution in [3.63, 3.8) is 0 Å². The number of nitrogens with zero attached hydrogens (tertiary/aromatic N) is 2. The van der Waals surface area contributed by atoms with Crippen molar-refractivity contribution in [2.24, 2.45) is 0 Å². The van der Waals surface area contributed by atoms with E-state index in [0.29, 0.717) is 6.04 Å². The molecular weight excluding hydrogens is 568 g/mol. The van der Waals surface area contributed by atoms with Crippen LogP contribution in [0.5, 0.6) is 0 Å². The highest BCUT2D eigenvalue weighted by molar-refractivity contribution is 5.88. The molecule has 2 aliphatic rings. The fourth-order valence-electron chi connectivity index (χ4n) is 6.85. The molecule has 0 spiro atoms. The quantitative estimate of drug-likeness (QED) is 0.188. The number of fused-ring (bicyclic) bond motifs is 1. The van der Waals surface area contributed by atoms with Crippen LogP contribution < -0.4 is 10.6 Å². The van der Waals surface area contributed by atoms with Crippen molar-refractivity contribution in [2.45, 2.75) is 56.5 Å². The Morgan fingerprint density at radius 3 is 2.13 bits per heavy atom. The van der Waals surface area contributed by atoms with Gasteiger partial charge in [0.2, 0.25) is 5.91 Å². The van der Waals surface area contributed by atoms with E-state index in [0.717, 1.165) is 62.7 Å². The number of likely N-dealkylation sites (tertiary alicyclic amines) is 1. The van der Waals surface area contributed by atoms with E-state index < -0.39 is 0 Å². The van der Waals surface area contributed by atoms with Crippen molar-refractivity contribution >= 4 is 23.0 Å². The van der Waals surface area contributed by atoms with Gasteiger partial charge in [0, 0.05) is 37.2 Å². The lowest BCUT2D eigenvalue weighted by molar-refractivity contribution is -0.133. The molecule has 0 unspecified atom stereocenters. The zero-order valence-electron chi connectivity index (χ0n) is 27.3. The predicted molar refractivity (Wildman–Crippen MR) is 189 cm³/mol. The van der Waals surface area contributed by atoms with Crippen LogP contribution in [0.3, 0.4) is 0 Å². The topological polar surface area (TPSA) is 64.7 Å². The second-order valence-electron chi connectivity index (χ2n) is 12.7. The third-order valence-corrected chi connectivity index (χ3v) is 9.38. The summed E-state index contributed by atoms with van der Waals surface area (Å²) < 4.78 is 0. The number of nitrogens with one attached hydrogen (secondary N) is 2. The molecule has 4 aromatic rings. The van der Waals surface area contributed by atoms with E-state index in [1.54, 1.807) is 0 Å². The van der Waals surface area contributed by atoms with Crippen LogP contribution >= 0.6 is 0 Å². The summed E-state index contributed by atoms with van der Waals surface area (Å²) in [6, 6.07) is 35.2. The molecule has 0 saturated carbocycles. The molecule has 0 aliphatic carbocycles. The second-order valence-corrected chi connectivity index (χ2v) is 12.7. The van der Waals surface area contributed by atoms with Crippen LogP contribution in [0.25, 0.3) is 10.8 Å². The molecule has 2 heterocycles. The summed E-state index contributed by atoms with van der Waals surface area (Å²) in [4.78, 5) is 29.0. The molecule has 2 fully saturated rings. The molecule has 242 valence electrons. The normalized spacial score (nSPS) is 19.0. The number of rotatable bonds is 11. The first-order chi connectivity index (χ1) is 22.6. The first-order valence-electron chi connectivity index (χ1n) is 17.1. The number of piperidine rings is 1. The molecule has 6 rings (SSSR count). The Hall–Kier alpha value is -3.84. The standard InChI is InChI=1S/C29H42N4O.C11H8O/c1-30-22-26-17-21-33(29(34)28(31-26)16-11-20-32-18-9-4-10-19-32)23-27(24-12-5-2-6-13-24)25-14-7-3-8-15-25;12-8-9-5-6-10-3-1-2-4-11(10)7-9/h2-3,5-8,12-15,26-28,30-31H,4,9-11,16-23H2,1H3;1-8H/t26-,28-;/m0./s1. The van der Waals surface area contributed by atoms with Gasteiger partial charge < -0.3 is 20.4 Å². The average molecular weight is 619 g/mol. The van der Waals surface area contributed by atoms with E-state index in [-0.39, 0.29) is 17.9 Å².